The molecule has 0 heterocycles. The minimum Gasteiger partial charge on any atom is -0.497 e. The number of halogens is 5. The maximum Gasteiger partial charge on any atom is 0.268 e. The van der Waals surface area contributed by atoms with E-state index in [0.717, 1.165) is 24.3 Å². The van der Waals surface area contributed by atoms with Gasteiger partial charge in [0.05, 0.1) is 17.7 Å². The van der Waals surface area contributed by atoms with Crippen molar-refractivity contribution in [2.75, 3.05) is 11.4 Å². The highest BCUT2D eigenvalue weighted by Gasteiger charge is 2.36. The number of benzene rings is 3. The summed E-state index contributed by atoms with van der Waals surface area (Å²) < 4.78 is 101. The van der Waals surface area contributed by atoms with Gasteiger partial charge in [-0.2, -0.15) is 0 Å². The third-order valence-electron chi connectivity index (χ3n) is 3.98. The lowest BCUT2D eigenvalue weighted by molar-refractivity contribution is 0.381. The lowest BCUT2D eigenvalue weighted by atomic mass is 10.2. The third-order valence-corrected chi connectivity index (χ3v) is 5.72. The van der Waals surface area contributed by atoms with Gasteiger partial charge in [0, 0.05) is 0 Å². The zero-order valence-corrected chi connectivity index (χ0v) is 15.5. The van der Waals surface area contributed by atoms with Crippen LogP contribution in [0.3, 0.4) is 0 Å². The van der Waals surface area contributed by atoms with E-state index < -0.39 is 49.7 Å². The first kappa shape index (κ1) is 20.6. The van der Waals surface area contributed by atoms with E-state index in [1.165, 1.54) is 37.4 Å². The van der Waals surface area contributed by atoms with Crippen molar-refractivity contribution in [3.8, 4) is 5.75 Å². The molecule has 0 amide bonds. The molecule has 0 spiro atoms. The van der Waals surface area contributed by atoms with Crippen LogP contribution in [0.2, 0.25) is 0 Å². The number of anilines is 2. The number of ether oxygens (including phenoxy) is 1. The number of hydrogen-bond acceptors (Lipinski definition) is 3. The molecule has 3 rings (SSSR count). The number of sulfonamides is 1. The van der Waals surface area contributed by atoms with Crippen LogP contribution in [0.1, 0.15) is 0 Å². The Kier molecular flexibility index (Phi) is 5.47. The summed E-state index contributed by atoms with van der Waals surface area (Å²) in [6, 6.07) is 11.2. The first-order valence-corrected chi connectivity index (χ1v) is 9.40. The van der Waals surface area contributed by atoms with E-state index in [2.05, 4.69) is 0 Å². The van der Waals surface area contributed by atoms with Crippen molar-refractivity contribution in [1.82, 2.24) is 0 Å². The summed E-state index contributed by atoms with van der Waals surface area (Å²) in [5.74, 6) is -11.2. The van der Waals surface area contributed by atoms with E-state index >= 15 is 0 Å². The van der Waals surface area contributed by atoms with Crippen LogP contribution in [0.25, 0.3) is 0 Å². The van der Waals surface area contributed by atoms with Crippen LogP contribution in [-0.4, -0.2) is 15.5 Å². The van der Waals surface area contributed by atoms with Crippen molar-refractivity contribution in [3.05, 3.63) is 83.7 Å². The average molecular weight is 429 g/mol. The smallest absolute Gasteiger partial charge is 0.268 e. The van der Waals surface area contributed by atoms with E-state index in [0.29, 0.717) is 5.75 Å². The van der Waals surface area contributed by atoms with Crippen molar-refractivity contribution in [2.45, 2.75) is 4.90 Å². The Bertz CT molecular complexity index is 1120. The predicted octanol–water partition coefficient (Wildman–Crippen LogP) is 4.92. The largest absolute Gasteiger partial charge is 0.497 e. The molecule has 0 unspecified atom stereocenters. The van der Waals surface area contributed by atoms with Crippen LogP contribution in [-0.2, 0) is 10.0 Å². The summed E-state index contributed by atoms with van der Waals surface area (Å²) in [5, 5.41) is 0. The molecule has 0 aliphatic heterocycles. The Hall–Kier alpha value is -3.14. The number of para-hydroxylation sites is 1. The molecule has 0 aliphatic rings. The summed E-state index contributed by atoms with van der Waals surface area (Å²) in [4.78, 5) is -0.453. The van der Waals surface area contributed by atoms with E-state index in [-0.39, 0.29) is 9.99 Å². The Balaban J connectivity index is 2.33. The van der Waals surface area contributed by atoms with Crippen molar-refractivity contribution in [1.29, 1.82) is 0 Å². The minimum atomic E-state index is -4.78. The normalized spacial score (nSPS) is 11.4. The fourth-order valence-electron chi connectivity index (χ4n) is 2.58. The Morgan fingerprint density at radius 3 is 1.69 bits per heavy atom. The molecule has 0 saturated carbocycles. The van der Waals surface area contributed by atoms with E-state index in [1.54, 1.807) is 0 Å². The molecular weight excluding hydrogens is 417 g/mol. The zero-order chi connectivity index (χ0) is 21.3. The third kappa shape index (κ3) is 3.51. The Morgan fingerprint density at radius 1 is 0.724 bits per heavy atom. The van der Waals surface area contributed by atoms with Gasteiger partial charge in [0.2, 0.25) is 5.82 Å². The van der Waals surface area contributed by atoms with Gasteiger partial charge in [-0.15, -0.1) is 0 Å². The maximum atomic E-state index is 14.5. The Labute approximate surface area is 162 Å². The lowest BCUT2D eigenvalue weighted by Crippen LogP contribution is -2.29. The van der Waals surface area contributed by atoms with Crippen LogP contribution in [0.15, 0.2) is 59.5 Å². The average Bonchev–Trinajstić information content (AvgIpc) is 2.74. The molecule has 0 saturated heterocycles. The molecule has 3 aromatic carbocycles. The SMILES string of the molecule is COc1ccc(S(=O)(=O)N(c2ccccc2)c2c(F)c(F)c(F)c(F)c2F)cc1. The molecule has 0 bridgehead atoms. The van der Waals surface area contributed by atoms with Crippen LogP contribution < -0.4 is 9.04 Å². The zero-order valence-electron chi connectivity index (χ0n) is 14.7. The highest BCUT2D eigenvalue weighted by Crippen LogP contribution is 2.38. The van der Waals surface area contributed by atoms with Crippen LogP contribution in [0.5, 0.6) is 5.75 Å². The summed E-state index contributed by atoms with van der Waals surface area (Å²) >= 11 is 0. The molecule has 0 atom stereocenters. The fraction of sp³-hybridized carbons (Fsp3) is 0.0526. The summed E-state index contributed by atoms with van der Waals surface area (Å²) in [6.45, 7) is 0. The van der Waals surface area contributed by atoms with Crippen molar-refractivity contribution in [2.24, 2.45) is 0 Å². The molecule has 0 aliphatic carbocycles. The van der Waals surface area contributed by atoms with Crippen LogP contribution in [0, 0.1) is 29.1 Å². The Morgan fingerprint density at radius 2 is 1.21 bits per heavy atom. The van der Waals surface area contributed by atoms with Crippen molar-refractivity contribution in [3.63, 3.8) is 0 Å². The highest BCUT2D eigenvalue weighted by atomic mass is 32.2. The van der Waals surface area contributed by atoms with Gasteiger partial charge in [-0.25, -0.2) is 34.7 Å². The first-order chi connectivity index (χ1) is 13.7. The standard InChI is InChI=1S/C19H12F5NO3S/c1-28-12-7-9-13(10-8-12)29(26,27)25(11-5-3-2-4-6-11)19-17(23)15(21)14(20)16(22)18(19)24/h2-10H,1H3. The minimum absolute atomic E-state index is 0.0745. The summed E-state index contributed by atoms with van der Waals surface area (Å²) in [6.07, 6.45) is 0. The number of methoxy groups -OCH3 is 1. The van der Waals surface area contributed by atoms with Gasteiger partial charge < -0.3 is 4.74 Å². The molecule has 0 aromatic heterocycles. The van der Waals surface area contributed by atoms with Gasteiger partial charge in [-0.1, -0.05) is 18.2 Å². The maximum absolute atomic E-state index is 14.5. The molecule has 0 radical (unpaired) electrons. The second-order valence-electron chi connectivity index (χ2n) is 5.70. The van der Waals surface area contributed by atoms with Gasteiger partial charge in [-0.05, 0) is 36.4 Å². The summed E-state index contributed by atoms with van der Waals surface area (Å²) in [5.41, 5.74) is -1.94. The topological polar surface area (TPSA) is 46.6 Å². The second kappa shape index (κ2) is 7.70. The predicted molar refractivity (Wildman–Crippen MR) is 95.0 cm³/mol. The van der Waals surface area contributed by atoms with Crippen molar-refractivity contribution < 1.29 is 35.1 Å². The van der Waals surface area contributed by atoms with E-state index in [1.807, 2.05) is 0 Å². The number of nitrogens with zero attached hydrogens (tertiary/aromatic N) is 1. The van der Waals surface area contributed by atoms with E-state index in [4.69, 9.17) is 4.74 Å². The lowest BCUT2D eigenvalue weighted by Gasteiger charge is -2.25. The van der Waals surface area contributed by atoms with Gasteiger partial charge in [-0.3, -0.25) is 0 Å². The van der Waals surface area contributed by atoms with Crippen molar-refractivity contribution >= 4 is 21.4 Å². The molecule has 29 heavy (non-hydrogen) atoms. The second-order valence-corrected chi connectivity index (χ2v) is 7.49. The quantitative estimate of drug-likeness (QED) is 0.329. The van der Waals surface area contributed by atoms with Crippen LogP contribution in [0.4, 0.5) is 33.3 Å². The number of hydrogen-bond donors (Lipinski definition) is 0. The van der Waals surface area contributed by atoms with Gasteiger partial charge >= 0.3 is 0 Å². The molecular formula is C19H12F5NO3S. The van der Waals surface area contributed by atoms with E-state index in [9.17, 15) is 30.4 Å². The van der Waals surface area contributed by atoms with Gasteiger partial charge in [0.1, 0.15) is 11.4 Å². The molecule has 152 valence electrons. The molecule has 0 N–H and O–H groups in total. The van der Waals surface area contributed by atoms with Crippen LogP contribution >= 0.6 is 0 Å². The molecule has 4 nitrogen and oxygen atoms in total. The molecule has 3 aromatic rings. The van der Waals surface area contributed by atoms with Gasteiger partial charge in [0.25, 0.3) is 10.0 Å². The van der Waals surface area contributed by atoms with Gasteiger partial charge in [0.15, 0.2) is 23.3 Å². The monoisotopic (exact) mass is 429 g/mol. The first-order valence-electron chi connectivity index (χ1n) is 7.96. The molecule has 0 fully saturated rings. The fourth-order valence-corrected chi connectivity index (χ4v) is 4.07. The highest BCUT2D eigenvalue weighted by molar-refractivity contribution is 7.93. The number of rotatable bonds is 5. The molecule has 10 heteroatoms. The summed E-state index contributed by atoms with van der Waals surface area (Å²) in [7, 11) is -3.44.